The quantitative estimate of drug-likeness (QED) is 0.753. The number of hydrogen-bond acceptors (Lipinski definition) is 6. The van der Waals surface area contributed by atoms with Crippen LogP contribution in [0.25, 0.3) is 5.65 Å². The van der Waals surface area contributed by atoms with Gasteiger partial charge in [0.25, 0.3) is 0 Å². The summed E-state index contributed by atoms with van der Waals surface area (Å²) in [5, 5.41) is 19.5. The molecule has 2 aromatic rings. The van der Waals surface area contributed by atoms with E-state index in [1.165, 1.54) is 23.9 Å². The summed E-state index contributed by atoms with van der Waals surface area (Å²) in [4.78, 5) is 2.33. The zero-order valence-electron chi connectivity index (χ0n) is 10.0. The number of rotatable bonds is 1. The fraction of sp³-hybridized carbons (Fsp3) is 0.636. The maximum Gasteiger partial charge on any atom is 0.200 e. The first-order valence-corrected chi connectivity index (χ1v) is 6.45. The van der Waals surface area contributed by atoms with Gasteiger partial charge < -0.3 is 10.2 Å². The van der Waals surface area contributed by atoms with Crippen molar-refractivity contribution in [2.45, 2.75) is 31.3 Å². The highest BCUT2D eigenvalue weighted by atomic mass is 15.6. The van der Waals surface area contributed by atoms with Crippen molar-refractivity contribution in [1.29, 1.82) is 0 Å². The molecule has 7 nitrogen and oxygen atoms in total. The minimum absolute atomic E-state index is 0.601. The summed E-state index contributed by atoms with van der Waals surface area (Å²) in [5.74, 6) is 0.962. The number of aromatic nitrogens is 5. The average molecular weight is 245 g/mol. The standard InChI is InChI=1S/C11H15N7/c1-2-9-7-17(6-5-8(1)12-9)11-4-3-10-13-15-16-18(10)14-11/h3-4,8-9,12H,1-2,5-7H2. The number of fused-ring (bicyclic) bond motifs is 3. The maximum absolute atomic E-state index is 4.46. The van der Waals surface area contributed by atoms with Crippen LogP contribution in [-0.2, 0) is 0 Å². The SMILES string of the molecule is c1cc2nnnn2nc1N1CCC2CCC(C1)N2. The predicted molar refractivity (Wildman–Crippen MR) is 65.4 cm³/mol. The van der Waals surface area contributed by atoms with Crippen LogP contribution in [0.5, 0.6) is 0 Å². The van der Waals surface area contributed by atoms with Crippen molar-refractivity contribution < 1.29 is 0 Å². The van der Waals surface area contributed by atoms with Gasteiger partial charge in [-0.2, -0.15) is 0 Å². The highest BCUT2D eigenvalue weighted by Crippen LogP contribution is 2.23. The van der Waals surface area contributed by atoms with Crippen LogP contribution < -0.4 is 10.2 Å². The van der Waals surface area contributed by atoms with Crippen molar-refractivity contribution in [3.63, 3.8) is 0 Å². The van der Waals surface area contributed by atoms with E-state index in [4.69, 9.17) is 0 Å². The largest absolute Gasteiger partial charge is 0.354 e. The van der Waals surface area contributed by atoms with E-state index >= 15 is 0 Å². The third-order valence-corrected chi connectivity index (χ3v) is 3.90. The van der Waals surface area contributed by atoms with E-state index in [-0.39, 0.29) is 0 Å². The molecular weight excluding hydrogens is 230 g/mol. The fourth-order valence-electron chi connectivity index (χ4n) is 2.96. The molecule has 0 spiro atoms. The summed E-state index contributed by atoms with van der Waals surface area (Å²) in [6.45, 7) is 2.08. The van der Waals surface area contributed by atoms with E-state index in [1.807, 2.05) is 12.1 Å². The monoisotopic (exact) mass is 245 g/mol. The van der Waals surface area contributed by atoms with Crippen LogP contribution in [0.4, 0.5) is 5.82 Å². The summed E-state index contributed by atoms with van der Waals surface area (Å²) in [5.41, 5.74) is 0.688. The molecule has 0 saturated carbocycles. The molecule has 18 heavy (non-hydrogen) atoms. The Labute approximate surface area is 104 Å². The van der Waals surface area contributed by atoms with Gasteiger partial charge in [0.05, 0.1) is 0 Å². The normalized spacial score (nSPS) is 27.7. The van der Waals surface area contributed by atoms with Crippen LogP contribution in [0.15, 0.2) is 12.1 Å². The predicted octanol–water partition coefficient (Wildman–Crippen LogP) is -0.150. The Morgan fingerprint density at radius 1 is 1.17 bits per heavy atom. The molecule has 2 bridgehead atoms. The first-order valence-electron chi connectivity index (χ1n) is 6.45. The molecule has 2 unspecified atom stereocenters. The van der Waals surface area contributed by atoms with Crippen molar-refractivity contribution in [3.8, 4) is 0 Å². The van der Waals surface area contributed by atoms with Gasteiger partial charge in [-0.1, -0.05) is 0 Å². The van der Waals surface area contributed by atoms with E-state index in [0.29, 0.717) is 17.7 Å². The van der Waals surface area contributed by atoms with E-state index < -0.39 is 0 Å². The minimum atomic E-state index is 0.601. The molecule has 0 aliphatic carbocycles. The van der Waals surface area contributed by atoms with Crippen molar-refractivity contribution in [3.05, 3.63) is 12.1 Å². The first-order chi connectivity index (χ1) is 8.88. The summed E-state index contributed by atoms with van der Waals surface area (Å²) in [7, 11) is 0. The summed E-state index contributed by atoms with van der Waals surface area (Å²) in [6, 6.07) is 5.21. The lowest BCUT2D eigenvalue weighted by molar-refractivity contribution is 0.563. The Hall–Kier alpha value is -1.76. The number of nitrogens with one attached hydrogen (secondary N) is 1. The van der Waals surface area contributed by atoms with Crippen LogP contribution in [0.3, 0.4) is 0 Å². The minimum Gasteiger partial charge on any atom is -0.354 e. The number of anilines is 1. The molecular formula is C11H15N7. The molecule has 1 N–H and O–H groups in total. The lowest BCUT2D eigenvalue weighted by Gasteiger charge is -2.24. The van der Waals surface area contributed by atoms with Gasteiger partial charge in [-0.3, -0.25) is 0 Å². The van der Waals surface area contributed by atoms with Gasteiger partial charge in [-0.05, 0) is 41.8 Å². The number of nitrogens with zero attached hydrogens (tertiary/aromatic N) is 6. The molecule has 2 atom stereocenters. The summed E-state index contributed by atoms with van der Waals surface area (Å²) < 4.78 is 1.49. The second-order valence-electron chi connectivity index (χ2n) is 5.09. The Morgan fingerprint density at radius 2 is 2.11 bits per heavy atom. The Kier molecular flexibility index (Phi) is 2.19. The van der Waals surface area contributed by atoms with Gasteiger partial charge in [0, 0.05) is 25.2 Å². The van der Waals surface area contributed by atoms with Crippen molar-refractivity contribution in [2.24, 2.45) is 0 Å². The maximum atomic E-state index is 4.46. The third-order valence-electron chi connectivity index (χ3n) is 3.90. The van der Waals surface area contributed by atoms with Gasteiger partial charge in [0.2, 0.25) is 0 Å². The molecule has 7 heteroatoms. The molecule has 0 radical (unpaired) electrons. The fourth-order valence-corrected chi connectivity index (χ4v) is 2.96. The summed E-state index contributed by atoms with van der Waals surface area (Å²) >= 11 is 0. The van der Waals surface area contributed by atoms with Crippen LogP contribution in [-0.4, -0.2) is 50.4 Å². The molecule has 4 rings (SSSR count). The third kappa shape index (κ3) is 1.62. The zero-order valence-corrected chi connectivity index (χ0v) is 10.0. The van der Waals surface area contributed by atoms with Crippen molar-refractivity contribution in [1.82, 2.24) is 30.6 Å². The second-order valence-corrected chi connectivity index (χ2v) is 5.09. The lowest BCUT2D eigenvalue weighted by atomic mass is 10.1. The molecule has 2 aliphatic heterocycles. The Balaban J connectivity index is 1.65. The van der Waals surface area contributed by atoms with E-state index in [9.17, 15) is 0 Å². The van der Waals surface area contributed by atoms with Gasteiger partial charge in [0.15, 0.2) is 11.5 Å². The summed E-state index contributed by atoms with van der Waals surface area (Å²) in [6.07, 6.45) is 3.78. The molecule has 0 amide bonds. The van der Waals surface area contributed by atoms with Crippen LogP contribution in [0.2, 0.25) is 0 Å². The van der Waals surface area contributed by atoms with Crippen molar-refractivity contribution in [2.75, 3.05) is 18.0 Å². The van der Waals surface area contributed by atoms with E-state index in [2.05, 4.69) is 30.8 Å². The molecule has 94 valence electrons. The second kappa shape index (κ2) is 3.88. The molecule has 2 aromatic heterocycles. The van der Waals surface area contributed by atoms with E-state index in [1.54, 1.807) is 0 Å². The van der Waals surface area contributed by atoms with Crippen molar-refractivity contribution >= 4 is 11.5 Å². The zero-order chi connectivity index (χ0) is 11.9. The lowest BCUT2D eigenvalue weighted by Crippen LogP contribution is -2.35. The molecule has 0 aromatic carbocycles. The number of tetrazole rings is 1. The first kappa shape index (κ1) is 10.2. The molecule has 4 heterocycles. The van der Waals surface area contributed by atoms with Crippen LogP contribution in [0.1, 0.15) is 19.3 Å². The highest BCUT2D eigenvalue weighted by molar-refractivity contribution is 5.44. The van der Waals surface area contributed by atoms with E-state index in [0.717, 1.165) is 18.9 Å². The molecule has 2 saturated heterocycles. The average Bonchev–Trinajstić information content (AvgIpc) is 2.95. The van der Waals surface area contributed by atoms with Gasteiger partial charge in [-0.15, -0.1) is 14.8 Å². The van der Waals surface area contributed by atoms with Gasteiger partial charge in [-0.25, -0.2) is 0 Å². The van der Waals surface area contributed by atoms with Gasteiger partial charge in [0.1, 0.15) is 0 Å². The Morgan fingerprint density at radius 3 is 3.11 bits per heavy atom. The van der Waals surface area contributed by atoms with Gasteiger partial charge >= 0.3 is 0 Å². The molecule has 2 fully saturated rings. The smallest absolute Gasteiger partial charge is 0.200 e. The highest BCUT2D eigenvalue weighted by Gasteiger charge is 2.29. The van der Waals surface area contributed by atoms with Crippen LogP contribution >= 0.6 is 0 Å². The Bertz CT molecular complexity index is 565. The topological polar surface area (TPSA) is 71.2 Å². The van der Waals surface area contributed by atoms with Crippen LogP contribution in [0, 0.1) is 0 Å². The molecule has 2 aliphatic rings. The number of hydrogen-bond donors (Lipinski definition) is 1.